The number of unbranched alkanes of at least 4 members (excludes halogenated alkanes) is 3. The van der Waals surface area contributed by atoms with Crippen LogP contribution in [0.2, 0.25) is 0 Å². The number of amides is 3. The van der Waals surface area contributed by atoms with Crippen molar-refractivity contribution in [1.82, 2.24) is 15.4 Å². The van der Waals surface area contributed by atoms with Gasteiger partial charge in [0.2, 0.25) is 5.91 Å². The lowest BCUT2D eigenvalue weighted by atomic mass is 10.1. The highest BCUT2D eigenvalue weighted by molar-refractivity contribution is 7.90. The van der Waals surface area contributed by atoms with Crippen LogP contribution in [0.15, 0.2) is 29.2 Å². The van der Waals surface area contributed by atoms with E-state index >= 15 is 0 Å². The predicted octanol–water partition coefficient (Wildman–Crippen LogP) is 3.82. The summed E-state index contributed by atoms with van der Waals surface area (Å²) in [6, 6.07) is 5.26. The van der Waals surface area contributed by atoms with Gasteiger partial charge in [-0.3, -0.25) is 14.4 Å². The first-order valence-electron chi connectivity index (χ1n) is 13.1. The number of rotatable bonds is 14. The molecule has 0 aliphatic heterocycles. The number of hydrogen-bond donors (Lipinski definition) is 3. The van der Waals surface area contributed by atoms with Crippen LogP contribution >= 0.6 is 0 Å². The summed E-state index contributed by atoms with van der Waals surface area (Å²) >= 11 is 0. The molecule has 3 N–H and O–H groups in total. The molecule has 1 rings (SSSR count). The highest BCUT2D eigenvalue weighted by Crippen LogP contribution is 2.13. The van der Waals surface area contributed by atoms with E-state index in [1.807, 2.05) is 25.5 Å². The Kier molecular flexibility index (Phi) is 13.4. The zero-order valence-corrected chi connectivity index (χ0v) is 24.7. The molecule has 0 unspecified atom stereocenters. The van der Waals surface area contributed by atoms with Crippen LogP contribution in [0.3, 0.4) is 0 Å². The fourth-order valence-corrected chi connectivity index (χ4v) is 4.26. The van der Waals surface area contributed by atoms with E-state index < -0.39 is 33.2 Å². The standard InChI is InChI=1S/C27H43N3O8S/c1-26(2,3)37-23(32)13-9-7-8-10-18-28-24(33)20-14-16-21(17-15-20)39(35,36)30-22(31)12-11-19-29-25(34)38-27(4,5)6/h14-17H,7-13,18-19H2,1-6H3,(H,28,33)(H,29,34)(H,30,31). The lowest BCUT2D eigenvalue weighted by Crippen LogP contribution is -2.34. The zero-order chi connectivity index (χ0) is 29.7. The van der Waals surface area contributed by atoms with Gasteiger partial charge in [-0.2, -0.15) is 0 Å². The van der Waals surface area contributed by atoms with E-state index in [0.717, 1.165) is 25.7 Å². The molecule has 1 aromatic carbocycles. The summed E-state index contributed by atoms with van der Waals surface area (Å²) in [4.78, 5) is 47.5. The van der Waals surface area contributed by atoms with Crippen LogP contribution in [0.5, 0.6) is 0 Å². The molecular formula is C27H43N3O8S. The predicted molar refractivity (Wildman–Crippen MR) is 147 cm³/mol. The fourth-order valence-electron chi connectivity index (χ4n) is 3.24. The monoisotopic (exact) mass is 569 g/mol. The number of ether oxygens (including phenoxy) is 2. The molecular weight excluding hydrogens is 526 g/mol. The van der Waals surface area contributed by atoms with E-state index in [0.29, 0.717) is 18.5 Å². The largest absolute Gasteiger partial charge is 0.460 e. The topological polar surface area (TPSA) is 157 Å². The Morgan fingerprint density at radius 3 is 1.87 bits per heavy atom. The van der Waals surface area contributed by atoms with Crippen LogP contribution in [-0.4, -0.2) is 56.6 Å². The molecule has 0 radical (unpaired) electrons. The molecule has 0 aliphatic carbocycles. The van der Waals surface area contributed by atoms with Crippen LogP contribution in [0, 0.1) is 0 Å². The second-order valence-electron chi connectivity index (χ2n) is 11.1. The summed E-state index contributed by atoms with van der Waals surface area (Å²) in [6.07, 6.45) is 3.01. The van der Waals surface area contributed by atoms with Gasteiger partial charge in [0, 0.05) is 31.5 Å². The third-order valence-corrected chi connectivity index (χ3v) is 6.33. The second kappa shape index (κ2) is 15.4. The van der Waals surface area contributed by atoms with Crippen LogP contribution < -0.4 is 15.4 Å². The van der Waals surface area contributed by atoms with E-state index in [1.54, 1.807) is 20.8 Å². The van der Waals surface area contributed by atoms with Gasteiger partial charge >= 0.3 is 12.1 Å². The minimum atomic E-state index is -4.10. The van der Waals surface area contributed by atoms with Crippen molar-refractivity contribution in [2.75, 3.05) is 13.1 Å². The number of carbonyl (C=O) groups is 4. The molecule has 3 amide bonds. The summed E-state index contributed by atoms with van der Waals surface area (Å²) in [6.45, 7) is 11.3. The van der Waals surface area contributed by atoms with E-state index in [-0.39, 0.29) is 36.2 Å². The summed E-state index contributed by atoms with van der Waals surface area (Å²) in [5.41, 5.74) is -0.836. The van der Waals surface area contributed by atoms with Gasteiger partial charge in [-0.05, 0) is 85.1 Å². The van der Waals surface area contributed by atoms with Gasteiger partial charge in [0.1, 0.15) is 11.2 Å². The quantitative estimate of drug-likeness (QED) is 0.225. The highest BCUT2D eigenvalue weighted by Gasteiger charge is 2.19. The Bertz CT molecular complexity index is 1070. The number of sulfonamides is 1. The van der Waals surface area contributed by atoms with Crippen molar-refractivity contribution in [2.24, 2.45) is 0 Å². The van der Waals surface area contributed by atoms with Crippen LogP contribution in [0.4, 0.5) is 4.79 Å². The maximum atomic E-state index is 12.5. The van der Waals surface area contributed by atoms with Crippen molar-refractivity contribution < 1.29 is 37.1 Å². The molecule has 0 aliphatic rings. The van der Waals surface area contributed by atoms with Crippen molar-refractivity contribution >= 4 is 33.9 Å². The molecule has 12 heteroatoms. The Morgan fingerprint density at radius 1 is 0.718 bits per heavy atom. The van der Waals surface area contributed by atoms with Gasteiger partial charge in [0.25, 0.3) is 15.9 Å². The van der Waals surface area contributed by atoms with E-state index in [2.05, 4.69) is 10.6 Å². The highest BCUT2D eigenvalue weighted by atomic mass is 32.2. The number of benzene rings is 1. The summed E-state index contributed by atoms with van der Waals surface area (Å²) < 4.78 is 37.3. The molecule has 220 valence electrons. The smallest absolute Gasteiger partial charge is 0.407 e. The minimum absolute atomic E-state index is 0.115. The Morgan fingerprint density at radius 2 is 1.28 bits per heavy atom. The first-order chi connectivity index (χ1) is 18.0. The van der Waals surface area contributed by atoms with Crippen molar-refractivity contribution in [1.29, 1.82) is 0 Å². The number of alkyl carbamates (subject to hydrolysis) is 1. The first kappa shape index (κ1) is 33.9. The average Bonchev–Trinajstić information content (AvgIpc) is 2.78. The molecule has 11 nitrogen and oxygen atoms in total. The third-order valence-electron chi connectivity index (χ3n) is 4.94. The second-order valence-corrected chi connectivity index (χ2v) is 12.8. The van der Waals surface area contributed by atoms with Gasteiger partial charge in [0.05, 0.1) is 4.90 Å². The SMILES string of the molecule is CC(C)(C)OC(=O)CCCCCCNC(=O)c1ccc(S(=O)(=O)NC(=O)CCCNC(=O)OC(C)(C)C)cc1. The number of carbonyl (C=O) groups excluding carboxylic acids is 4. The minimum Gasteiger partial charge on any atom is -0.460 e. The molecule has 39 heavy (non-hydrogen) atoms. The summed E-state index contributed by atoms with van der Waals surface area (Å²) in [5, 5.41) is 5.28. The number of nitrogens with one attached hydrogen (secondary N) is 3. The molecule has 0 heterocycles. The number of hydrogen-bond acceptors (Lipinski definition) is 8. The fraction of sp³-hybridized carbons (Fsp3) is 0.630. The van der Waals surface area contributed by atoms with Crippen molar-refractivity contribution in [3.05, 3.63) is 29.8 Å². The van der Waals surface area contributed by atoms with Crippen LogP contribution in [0.1, 0.15) is 96.8 Å². The molecule has 0 saturated carbocycles. The van der Waals surface area contributed by atoms with Crippen molar-refractivity contribution in [2.45, 2.75) is 103 Å². The molecule has 0 atom stereocenters. The molecule has 0 saturated heterocycles. The van der Waals surface area contributed by atoms with Gasteiger partial charge in [-0.1, -0.05) is 12.8 Å². The summed E-state index contributed by atoms with van der Waals surface area (Å²) in [5.74, 6) is -1.27. The first-order valence-corrected chi connectivity index (χ1v) is 14.6. The Balaban J connectivity index is 2.35. The molecule has 0 spiro atoms. The normalized spacial score (nSPS) is 11.8. The molecule has 1 aromatic rings. The van der Waals surface area contributed by atoms with Crippen LogP contribution in [-0.2, 0) is 29.1 Å². The third kappa shape index (κ3) is 15.8. The maximum absolute atomic E-state index is 12.5. The lowest BCUT2D eigenvalue weighted by Gasteiger charge is -2.19. The zero-order valence-electron chi connectivity index (χ0n) is 23.8. The molecule has 0 fully saturated rings. The van der Waals surface area contributed by atoms with Gasteiger partial charge in [-0.25, -0.2) is 17.9 Å². The van der Waals surface area contributed by atoms with E-state index in [4.69, 9.17) is 9.47 Å². The number of esters is 1. The van der Waals surface area contributed by atoms with Gasteiger partial charge in [0.15, 0.2) is 0 Å². The van der Waals surface area contributed by atoms with Gasteiger partial charge in [-0.15, -0.1) is 0 Å². The maximum Gasteiger partial charge on any atom is 0.407 e. The van der Waals surface area contributed by atoms with Gasteiger partial charge < -0.3 is 20.1 Å². The van der Waals surface area contributed by atoms with E-state index in [9.17, 15) is 27.6 Å². The molecule has 0 bridgehead atoms. The summed E-state index contributed by atoms with van der Waals surface area (Å²) in [7, 11) is -4.10. The van der Waals surface area contributed by atoms with Crippen LogP contribution in [0.25, 0.3) is 0 Å². The van der Waals surface area contributed by atoms with Crippen molar-refractivity contribution in [3.8, 4) is 0 Å². The average molecular weight is 570 g/mol. The lowest BCUT2D eigenvalue weighted by molar-refractivity contribution is -0.154. The molecule has 0 aromatic heterocycles. The Hall–Kier alpha value is -3.15. The van der Waals surface area contributed by atoms with E-state index in [1.165, 1.54) is 24.3 Å². The van der Waals surface area contributed by atoms with Crippen molar-refractivity contribution in [3.63, 3.8) is 0 Å². The Labute approximate surface area is 231 Å².